The van der Waals surface area contributed by atoms with Crippen LogP contribution in [0.1, 0.15) is 40.2 Å². The number of aliphatic hydroxyl groups excluding tert-OH is 1. The predicted octanol–water partition coefficient (Wildman–Crippen LogP) is 5.33. The van der Waals surface area contributed by atoms with Crippen molar-refractivity contribution in [2.75, 3.05) is 18.4 Å². The summed E-state index contributed by atoms with van der Waals surface area (Å²) >= 11 is 6.12. The maximum Gasteiger partial charge on any atom is 0.433 e. The predicted molar refractivity (Wildman–Crippen MR) is 127 cm³/mol. The molecular weight excluding hydrogens is 481 g/mol. The second-order valence-corrected chi connectivity index (χ2v) is 9.06. The molecule has 0 aliphatic carbocycles. The molecule has 3 aromatic rings. The number of nitrogens with one attached hydrogen (secondary N) is 1. The number of benzene rings is 1. The molecule has 1 aliphatic heterocycles. The number of aromatic nitrogens is 2. The molecule has 0 saturated carbocycles. The van der Waals surface area contributed by atoms with Crippen LogP contribution in [0.2, 0.25) is 5.02 Å². The lowest BCUT2D eigenvalue weighted by molar-refractivity contribution is -0.141. The van der Waals surface area contributed by atoms with Gasteiger partial charge in [-0.05, 0) is 73.3 Å². The summed E-state index contributed by atoms with van der Waals surface area (Å²) < 4.78 is 38.8. The number of halogens is 4. The highest BCUT2D eigenvalue weighted by molar-refractivity contribution is 6.31. The van der Waals surface area contributed by atoms with E-state index in [0.717, 1.165) is 36.6 Å². The Balaban J connectivity index is 1.65. The van der Waals surface area contributed by atoms with Crippen LogP contribution in [0.25, 0.3) is 11.1 Å². The third kappa shape index (κ3) is 6.36. The molecule has 10 heteroatoms. The third-order valence-corrected chi connectivity index (χ3v) is 6.20. The van der Waals surface area contributed by atoms with Gasteiger partial charge in [0.2, 0.25) is 0 Å². The van der Waals surface area contributed by atoms with Crippen molar-refractivity contribution >= 4 is 23.2 Å². The van der Waals surface area contributed by atoms with Crippen molar-refractivity contribution in [1.29, 1.82) is 0 Å². The first kappa shape index (κ1) is 25.1. The van der Waals surface area contributed by atoms with Crippen LogP contribution in [0, 0.1) is 6.92 Å². The normalized spacial score (nSPS) is 16.8. The Bertz CT molecular complexity index is 1220. The molecule has 1 amide bonds. The molecular formula is C25H24ClF3N4O2. The van der Waals surface area contributed by atoms with Crippen LogP contribution in [0.4, 0.5) is 18.9 Å². The van der Waals surface area contributed by atoms with E-state index in [2.05, 4.69) is 20.2 Å². The Hall–Kier alpha value is -3.01. The smallest absolute Gasteiger partial charge is 0.392 e. The number of hydrogen-bond donors (Lipinski definition) is 2. The summed E-state index contributed by atoms with van der Waals surface area (Å²) in [6.07, 6.45) is -0.637. The Morgan fingerprint density at radius 3 is 2.63 bits per heavy atom. The van der Waals surface area contributed by atoms with E-state index >= 15 is 0 Å². The summed E-state index contributed by atoms with van der Waals surface area (Å²) in [6.45, 7) is 3.63. The number of carbonyl (C=O) groups excluding carboxylic acids is 1. The Morgan fingerprint density at radius 2 is 1.97 bits per heavy atom. The summed E-state index contributed by atoms with van der Waals surface area (Å²) in [5.41, 5.74) is 2.28. The topological polar surface area (TPSA) is 78.4 Å². The molecule has 2 N–H and O–H groups in total. The van der Waals surface area contributed by atoms with Gasteiger partial charge in [0.15, 0.2) is 0 Å². The monoisotopic (exact) mass is 504 g/mol. The zero-order chi connectivity index (χ0) is 25.2. The summed E-state index contributed by atoms with van der Waals surface area (Å²) in [7, 11) is 0. The van der Waals surface area contributed by atoms with Crippen molar-refractivity contribution < 1.29 is 23.1 Å². The molecule has 6 nitrogen and oxygen atoms in total. The number of rotatable bonds is 5. The third-order valence-electron chi connectivity index (χ3n) is 5.79. The largest absolute Gasteiger partial charge is 0.433 e. The van der Waals surface area contributed by atoms with Crippen molar-refractivity contribution in [2.45, 2.75) is 38.6 Å². The minimum Gasteiger partial charge on any atom is -0.392 e. The quantitative estimate of drug-likeness (QED) is 0.491. The van der Waals surface area contributed by atoms with E-state index in [4.69, 9.17) is 11.6 Å². The molecule has 2 aromatic heterocycles. The number of aliphatic hydroxyl groups is 1. The van der Waals surface area contributed by atoms with E-state index in [0.29, 0.717) is 34.9 Å². The van der Waals surface area contributed by atoms with E-state index in [1.165, 1.54) is 24.5 Å². The fourth-order valence-electron chi connectivity index (χ4n) is 4.01. The van der Waals surface area contributed by atoms with E-state index in [-0.39, 0.29) is 5.69 Å². The van der Waals surface area contributed by atoms with Gasteiger partial charge in [-0.25, -0.2) is 0 Å². The average molecular weight is 505 g/mol. The Labute approximate surface area is 205 Å². The van der Waals surface area contributed by atoms with Crippen LogP contribution in [-0.4, -0.2) is 45.1 Å². The fourth-order valence-corrected chi connectivity index (χ4v) is 4.16. The molecule has 184 valence electrons. The maximum atomic E-state index is 12.9. The molecule has 1 saturated heterocycles. The molecule has 1 unspecified atom stereocenters. The molecule has 35 heavy (non-hydrogen) atoms. The molecule has 1 fully saturated rings. The number of carbonyl (C=O) groups is 1. The van der Waals surface area contributed by atoms with Crippen molar-refractivity contribution in [3.8, 4) is 11.1 Å². The van der Waals surface area contributed by atoms with Crippen LogP contribution in [0.5, 0.6) is 0 Å². The number of alkyl halides is 3. The van der Waals surface area contributed by atoms with Gasteiger partial charge >= 0.3 is 6.18 Å². The van der Waals surface area contributed by atoms with Crippen LogP contribution >= 0.6 is 11.6 Å². The number of likely N-dealkylation sites (tertiary alicyclic amines) is 1. The van der Waals surface area contributed by atoms with E-state index < -0.39 is 23.9 Å². The highest BCUT2D eigenvalue weighted by Crippen LogP contribution is 2.31. The zero-order valence-electron chi connectivity index (χ0n) is 18.9. The Morgan fingerprint density at radius 1 is 1.17 bits per heavy atom. The first-order valence-electron chi connectivity index (χ1n) is 11.1. The van der Waals surface area contributed by atoms with Crippen molar-refractivity contribution in [3.05, 3.63) is 76.3 Å². The second-order valence-electron chi connectivity index (χ2n) is 8.65. The molecule has 1 aliphatic rings. The molecule has 0 radical (unpaired) electrons. The molecule has 1 atom stereocenters. The standard InChI is InChI=1S/C25H24ClF3N4O2/c1-15-11-30-22(10-21(15)26)24(35)32-19-8-16(13-33-6-2-3-20(34)14-33)7-18(9-19)17-4-5-23(31-12-17)25(27,28)29/h4-5,7-12,20,34H,2-3,6,13-14H2,1H3,(H,32,35). The highest BCUT2D eigenvalue weighted by atomic mass is 35.5. The number of pyridine rings is 2. The average Bonchev–Trinajstić information content (AvgIpc) is 2.80. The van der Waals surface area contributed by atoms with Gasteiger partial charge in [-0.2, -0.15) is 13.2 Å². The minimum absolute atomic E-state index is 0.142. The summed E-state index contributed by atoms with van der Waals surface area (Å²) in [4.78, 5) is 22.6. The number of β-amino-alcohol motifs (C(OH)–C–C–N with tert-alkyl or cyclic N) is 1. The maximum absolute atomic E-state index is 12.9. The number of hydrogen-bond acceptors (Lipinski definition) is 5. The molecule has 0 bridgehead atoms. The lowest BCUT2D eigenvalue weighted by atomic mass is 10.0. The van der Waals surface area contributed by atoms with Crippen LogP contribution < -0.4 is 5.32 Å². The summed E-state index contributed by atoms with van der Waals surface area (Å²) in [6, 6.07) is 9.09. The fraction of sp³-hybridized carbons (Fsp3) is 0.320. The summed E-state index contributed by atoms with van der Waals surface area (Å²) in [5.74, 6) is -0.464. The van der Waals surface area contributed by atoms with E-state index in [9.17, 15) is 23.1 Å². The molecule has 1 aromatic carbocycles. The molecule has 3 heterocycles. The van der Waals surface area contributed by atoms with Crippen molar-refractivity contribution in [3.63, 3.8) is 0 Å². The Kier molecular flexibility index (Phi) is 7.39. The van der Waals surface area contributed by atoms with Gasteiger partial charge in [0.1, 0.15) is 11.4 Å². The van der Waals surface area contributed by atoms with E-state index in [1.807, 2.05) is 6.07 Å². The number of anilines is 1. The summed E-state index contributed by atoms with van der Waals surface area (Å²) in [5, 5.41) is 13.2. The zero-order valence-corrected chi connectivity index (χ0v) is 19.7. The van der Waals surface area contributed by atoms with Gasteiger partial charge in [-0.3, -0.25) is 19.7 Å². The second kappa shape index (κ2) is 10.3. The van der Waals surface area contributed by atoms with E-state index in [1.54, 1.807) is 19.1 Å². The van der Waals surface area contributed by atoms with Crippen LogP contribution in [0.15, 0.2) is 48.8 Å². The van der Waals surface area contributed by atoms with Gasteiger partial charge in [0.05, 0.1) is 6.10 Å². The van der Waals surface area contributed by atoms with Gasteiger partial charge in [0, 0.05) is 41.8 Å². The van der Waals surface area contributed by atoms with Gasteiger partial charge in [-0.15, -0.1) is 0 Å². The SMILES string of the molecule is Cc1cnc(C(=O)Nc2cc(CN3CCCC(O)C3)cc(-c3ccc(C(F)(F)F)nc3)c2)cc1Cl. The van der Waals surface area contributed by atoms with Crippen LogP contribution in [0.3, 0.4) is 0 Å². The lowest BCUT2D eigenvalue weighted by Crippen LogP contribution is -2.37. The van der Waals surface area contributed by atoms with Crippen LogP contribution in [-0.2, 0) is 12.7 Å². The number of aryl methyl sites for hydroxylation is 1. The number of nitrogens with zero attached hydrogens (tertiary/aromatic N) is 3. The molecule has 4 rings (SSSR count). The lowest BCUT2D eigenvalue weighted by Gasteiger charge is -2.30. The highest BCUT2D eigenvalue weighted by Gasteiger charge is 2.32. The van der Waals surface area contributed by atoms with Gasteiger partial charge < -0.3 is 10.4 Å². The minimum atomic E-state index is -4.53. The first-order valence-corrected chi connectivity index (χ1v) is 11.5. The van der Waals surface area contributed by atoms with Crippen molar-refractivity contribution in [1.82, 2.24) is 14.9 Å². The molecule has 0 spiro atoms. The van der Waals surface area contributed by atoms with Gasteiger partial charge in [0.25, 0.3) is 5.91 Å². The van der Waals surface area contributed by atoms with Crippen molar-refractivity contribution in [2.24, 2.45) is 0 Å². The number of piperidine rings is 1. The first-order chi connectivity index (χ1) is 16.6. The van der Waals surface area contributed by atoms with Gasteiger partial charge in [-0.1, -0.05) is 17.7 Å². The number of amides is 1.